The molecule has 0 spiro atoms. The minimum atomic E-state index is -0.547. The summed E-state index contributed by atoms with van der Waals surface area (Å²) in [6.07, 6.45) is 3.02. The van der Waals surface area contributed by atoms with Crippen LogP contribution < -0.4 is 5.73 Å². The molecule has 74 valence electrons. The average Bonchev–Trinajstić information content (AvgIpc) is 2.61. The predicted molar refractivity (Wildman–Crippen MR) is 56.1 cm³/mol. The summed E-state index contributed by atoms with van der Waals surface area (Å²) in [6.45, 7) is 0. The van der Waals surface area contributed by atoms with E-state index in [1.807, 2.05) is 6.07 Å². The monoisotopic (exact) mass is 264 g/mol. The molecule has 2 aromatic rings. The van der Waals surface area contributed by atoms with E-state index in [0.717, 1.165) is 0 Å². The van der Waals surface area contributed by atoms with Crippen LogP contribution in [0.15, 0.2) is 22.9 Å². The SMILES string of the molecule is N#Cc1cnn2ccc(C(N)=O)c(Br)c12. The molecule has 1 amide bonds. The maximum Gasteiger partial charge on any atom is 0.249 e. The zero-order valence-electron chi connectivity index (χ0n) is 7.44. The van der Waals surface area contributed by atoms with Crippen LogP contribution in [0, 0.1) is 11.3 Å². The molecule has 0 fully saturated rings. The van der Waals surface area contributed by atoms with E-state index in [-0.39, 0.29) is 0 Å². The molecule has 0 aromatic carbocycles. The first-order valence-corrected chi connectivity index (χ1v) is 4.80. The molecule has 0 bridgehead atoms. The predicted octanol–water partition coefficient (Wildman–Crippen LogP) is 1.07. The van der Waals surface area contributed by atoms with Gasteiger partial charge in [-0.1, -0.05) is 0 Å². The van der Waals surface area contributed by atoms with Crippen molar-refractivity contribution in [2.45, 2.75) is 0 Å². The van der Waals surface area contributed by atoms with Gasteiger partial charge in [-0.15, -0.1) is 0 Å². The van der Waals surface area contributed by atoms with Crippen LogP contribution in [-0.2, 0) is 0 Å². The number of carbonyl (C=O) groups excluding carboxylic acids is 1. The zero-order chi connectivity index (χ0) is 11.0. The molecule has 2 heterocycles. The van der Waals surface area contributed by atoms with E-state index < -0.39 is 5.91 Å². The summed E-state index contributed by atoms with van der Waals surface area (Å²) in [5.41, 5.74) is 6.46. The lowest BCUT2D eigenvalue weighted by Crippen LogP contribution is -2.12. The largest absolute Gasteiger partial charge is 0.366 e. The third-order valence-electron chi connectivity index (χ3n) is 2.01. The molecule has 5 nitrogen and oxygen atoms in total. The normalized spacial score (nSPS) is 10.1. The van der Waals surface area contributed by atoms with E-state index in [1.165, 1.54) is 10.7 Å². The standard InChI is InChI=1S/C9H5BrN4O/c10-7-6(9(12)15)1-2-14-8(7)5(3-11)4-13-14/h1-2,4H,(H2,12,15). The van der Waals surface area contributed by atoms with E-state index in [2.05, 4.69) is 21.0 Å². The molecule has 2 rings (SSSR count). The fraction of sp³-hybridized carbons (Fsp3) is 0. The van der Waals surface area contributed by atoms with Gasteiger partial charge in [0.15, 0.2) is 0 Å². The highest BCUT2D eigenvalue weighted by atomic mass is 79.9. The van der Waals surface area contributed by atoms with Gasteiger partial charge in [-0.3, -0.25) is 4.79 Å². The van der Waals surface area contributed by atoms with Crippen LogP contribution in [0.3, 0.4) is 0 Å². The number of fused-ring (bicyclic) bond motifs is 1. The first kappa shape index (κ1) is 9.68. The molecule has 0 saturated carbocycles. The minimum absolute atomic E-state index is 0.333. The second-order valence-corrected chi connectivity index (χ2v) is 3.66. The van der Waals surface area contributed by atoms with Crippen molar-refractivity contribution in [3.05, 3.63) is 34.1 Å². The van der Waals surface area contributed by atoms with Crippen molar-refractivity contribution in [2.24, 2.45) is 5.73 Å². The smallest absolute Gasteiger partial charge is 0.249 e. The van der Waals surface area contributed by atoms with Crippen LogP contribution in [0.2, 0.25) is 0 Å². The molecule has 2 aromatic heterocycles. The minimum Gasteiger partial charge on any atom is -0.366 e. The van der Waals surface area contributed by atoms with Crippen LogP contribution in [-0.4, -0.2) is 15.5 Å². The molecule has 0 aliphatic rings. The second-order valence-electron chi connectivity index (χ2n) is 2.87. The third kappa shape index (κ3) is 1.37. The van der Waals surface area contributed by atoms with Crippen molar-refractivity contribution in [3.8, 4) is 6.07 Å². The van der Waals surface area contributed by atoms with Crippen LogP contribution in [0.5, 0.6) is 0 Å². The Morgan fingerprint density at radius 3 is 3.00 bits per heavy atom. The Morgan fingerprint density at radius 1 is 1.67 bits per heavy atom. The summed E-state index contributed by atoms with van der Waals surface area (Å²) in [5.74, 6) is -0.547. The van der Waals surface area contributed by atoms with Crippen molar-refractivity contribution in [2.75, 3.05) is 0 Å². The molecule has 6 heteroatoms. The number of nitrogens with two attached hydrogens (primary N) is 1. The lowest BCUT2D eigenvalue weighted by molar-refractivity contribution is 0.0999. The molecule has 0 aliphatic carbocycles. The molecular weight excluding hydrogens is 260 g/mol. The number of hydrogen-bond donors (Lipinski definition) is 1. The van der Waals surface area contributed by atoms with Gasteiger partial charge in [-0.25, -0.2) is 4.52 Å². The van der Waals surface area contributed by atoms with Gasteiger partial charge in [0, 0.05) is 6.20 Å². The number of pyridine rings is 1. The van der Waals surface area contributed by atoms with Gasteiger partial charge >= 0.3 is 0 Å². The summed E-state index contributed by atoms with van der Waals surface area (Å²) in [4.78, 5) is 11.1. The molecule has 2 N–H and O–H groups in total. The van der Waals surface area contributed by atoms with Crippen molar-refractivity contribution in [1.82, 2.24) is 9.61 Å². The summed E-state index contributed by atoms with van der Waals surface area (Å²) in [5, 5.41) is 12.8. The molecule has 0 aliphatic heterocycles. The van der Waals surface area contributed by atoms with Crippen molar-refractivity contribution in [3.63, 3.8) is 0 Å². The Labute approximate surface area is 93.2 Å². The van der Waals surface area contributed by atoms with Crippen LogP contribution >= 0.6 is 15.9 Å². The number of primary amides is 1. The van der Waals surface area contributed by atoms with Crippen molar-refractivity contribution < 1.29 is 4.79 Å². The Balaban J connectivity index is 2.88. The number of nitriles is 1. The van der Waals surface area contributed by atoms with Crippen LogP contribution in [0.25, 0.3) is 5.52 Å². The zero-order valence-corrected chi connectivity index (χ0v) is 9.02. The Kier molecular flexibility index (Phi) is 2.17. The molecule has 0 unspecified atom stereocenters. The van der Waals surface area contributed by atoms with Gasteiger partial charge in [0.05, 0.1) is 27.3 Å². The van der Waals surface area contributed by atoms with Gasteiger partial charge in [0.1, 0.15) is 6.07 Å². The summed E-state index contributed by atoms with van der Waals surface area (Å²) in [7, 11) is 0. The highest BCUT2D eigenvalue weighted by Gasteiger charge is 2.13. The lowest BCUT2D eigenvalue weighted by atomic mass is 10.2. The topological polar surface area (TPSA) is 84.2 Å². The fourth-order valence-electron chi connectivity index (χ4n) is 1.31. The number of amides is 1. The van der Waals surface area contributed by atoms with E-state index in [9.17, 15) is 4.79 Å². The van der Waals surface area contributed by atoms with Crippen LogP contribution in [0.4, 0.5) is 0 Å². The molecule has 0 atom stereocenters. The van der Waals surface area contributed by atoms with E-state index in [4.69, 9.17) is 11.0 Å². The lowest BCUT2D eigenvalue weighted by Gasteiger charge is -2.02. The van der Waals surface area contributed by atoms with E-state index >= 15 is 0 Å². The Hall–Kier alpha value is -1.87. The number of nitrogens with zero attached hydrogens (tertiary/aromatic N) is 3. The van der Waals surface area contributed by atoms with Gasteiger partial charge in [-0.2, -0.15) is 10.4 Å². The van der Waals surface area contributed by atoms with Crippen molar-refractivity contribution in [1.29, 1.82) is 5.26 Å². The van der Waals surface area contributed by atoms with Crippen molar-refractivity contribution >= 4 is 27.4 Å². The number of halogens is 1. The van der Waals surface area contributed by atoms with E-state index in [1.54, 1.807) is 12.3 Å². The quantitative estimate of drug-likeness (QED) is 0.836. The number of carbonyl (C=O) groups is 1. The summed E-state index contributed by atoms with van der Waals surface area (Å²) < 4.78 is 2.00. The van der Waals surface area contributed by atoms with Gasteiger partial charge in [0.2, 0.25) is 5.91 Å². The molecule has 0 radical (unpaired) electrons. The summed E-state index contributed by atoms with van der Waals surface area (Å²) >= 11 is 3.24. The maximum absolute atomic E-state index is 11.1. The molecule has 15 heavy (non-hydrogen) atoms. The average molecular weight is 265 g/mol. The summed E-state index contributed by atoms with van der Waals surface area (Å²) in [6, 6.07) is 3.54. The number of aromatic nitrogens is 2. The maximum atomic E-state index is 11.1. The molecule has 0 saturated heterocycles. The highest BCUT2D eigenvalue weighted by Crippen LogP contribution is 2.24. The first-order chi connectivity index (χ1) is 7.15. The van der Waals surface area contributed by atoms with Gasteiger partial charge < -0.3 is 5.73 Å². The number of hydrogen-bond acceptors (Lipinski definition) is 3. The number of rotatable bonds is 1. The first-order valence-electron chi connectivity index (χ1n) is 4.01. The van der Waals surface area contributed by atoms with Crippen LogP contribution in [0.1, 0.15) is 15.9 Å². The second kappa shape index (κ2) is 3.37. The van der Waals surface area contributed by atoms with Gasteiger partial charge in [0.25, 0.3) is 0 Å². The fourth-order valence-corrected chi connectivity index (χ4v) is 2.03. The van der Waals surface area contributed by atoms with Gasteiger partial charge in [-0.05, 0) is 22.0 Å². The Bertz CT molecular complexity index is 596. The molecular formula is C9H5BrN4O. The van der Waals surface area contributed by atoms with E-state index in [0.29, 0.717) is 21.1 Å². The third-order valence-corrected chi connectivity index (χ3v) is 2.81. The highest BCUT2D eigenvalue weighted by molar-refractivity contribution is 9.10. The Morgan fingerprint density at radius 2 is 2.40 bits per heavy atom.